The SMILES string of the molecule is COC1CCC(Nc2c(Cl)cccc2[N+](=O)[O-])C1. The maximum atomic E-state index is 11.0. The van der Waals surface area contributed by atoms with Crippen LogP contribution in [0, 0.1) is 10.1 Å². The van der Waals surface area contributed by atoms with Crippen LogP contribution in [-0.2, 0) is 4.74 Å². The number of rotatable bonds is 4. The summed E-state index contributed by atoms with van der Waals surface area (Å²) in [6.45, 7) is 0. The molecule has 1 aromatic rings. The summed E-state index contributed by atoms with van der Waals surface area (Å²) >= 11 is 6.02. The third-order valence-electron chi connectivity index (χ3n) is 3.25. The number of hydrogen-bond acceptors (Lipinski definition) is 4. The molecule has 1 aliphatic carbocycles. The Morgan fingerprint density at radius 3 is 2.89 bits per heavy atom. The molecule has 0 radical (unpaired) electrons. The number of nitrogens with zero attached hydrogens (tertiary/aromatic N) is 1. The Morgan fingerprint density at radius 2 is 2.28 bits per heavy atom. The highest BCUT2D eigenvalue weighted by Crippen LogP contribution is 2.35. The molecular weight excluding hydrogens is 256 g/mol. The van der Waals surface area contributed by atoms with Gasteiger partial charge in [-0.1, -0.05) is 17.7 Å². The largest absolute Gasteiger partial charge is 0.381 e. The van der Waals surface area contributed by atoms with E-state index in [1.165, 1.54) is 6.07 Å². The number of ether oxygens (including phenoxy) is 1. The van der Waals surface area contributed by atoms with Gasteiger partial charge >= 0.3 is 0 Å². The number of nitrogens with one attached hydrogen (secondary N) is 1. The average molecular weight is 271 g/mol. The van der Waals surface area contributed by atoms with E-state index >= 15 is 0 Å². The molecule has 0 bridgehead atoms. The zero-order chi connectivity index (χ0) is 13.1. The first kappa shape index (κ1) is 13.1. The van der Waals surface area contributed by atoms with E-state index in [0.29, 0.717) is 10.7 Å². The topological polar surface area (TPSA) is 64.4 Å². The minimum atomic E-state index is -0.420. The van der Waals surface area contributed by atoms with Crippen LogP contribution in [0.2, 0.25) is 5.02 Å². The Labute approximate surface area is 110 Å². The van der Waals surface area contributed by atoms with E-state index in [1.54, 1.807) is 19.2 Å². The Morgan fingerprint density at radius 1 is 1.50 bits per heavy atom. The molecule has 1 saturated carbocycles. The predicted octanol–water partition coefficient (Wildman–Crippen LogP) is 3.23. The standard InChI is InChI=1S/C12H15ClN2O3/c1-18-9-6-5-8(7-9)14-12-10(13)3-2-4-11(12)15(16)17/h2-4,8-9,14H,5-7H2,1H3. The van der Waals surface area contributed by atoms with Crippen LogP contribution >= 0.6 is 11.6 Å². The number of nitro groups is 1. The molecule has 1 aromatic carbocycles. The van der Waals surface area contributed by atoms with E-state index in [0.717, 1.165) is 19.3 Å². The minimum Gasteiger partial charge on any atom is -0.381 e. The van der Waals surface area contributed by atoms with Gasteiger partial charge in [0, 0.05) is 19.2 Å². The van der Waals surface area contributed by atoms with E-state index in [1.807, 2.05) is 0 Å². The van der Waals surface area contributed by atoms with E-state index < -0.39 is 4.92 Å². The molecule has 1 N–H and O–H groups in total. The molecule has 1 aliphatic rings. The van der Waals surface area contributed by atoms with Crippen molar-refractivity contribution < 1.29 is 9.66 Å². The summed E-state index contributed by atoms with van der Waals surface area (Å²) in [5.41, 5.74) is 0.425. The summed E-state index contributed by atoms with van der Waals surface area (Å²) in [7, 11) is 1.69. The molecule has 18 heavy (non-hydrogen) atoms. The van der Waals surface area contributed by atoms with Crippen molar-refractivity contribution in [2.75, 3.05) is 12.4 Å². The van der Waals surface area contributed by atoms with Crippen LogP contribution in [-0.4, -0.2) is 24.2 Å². The number of nitro benzene ring substituents is 1. The van der Waals surface area contributed by atoms with Crippen molar-refractivity contribution in [2.45, 2.75) is 31.4 Å². The summed E-state index contributed by atoms with van der Waals surface area (Å²) in [6.07, 6.45) is 2.97. The van der Waals surface area contributed by atoms with Crippen molar-refractivity contribution in [3.8, 4) is 0 Å². The van der Waals surface area contributed by atoms with Crippen LogP contribution in [0.1, 0.15) is 19.3 Å². The number of benzene rings is 1. The monoisotopic (exact) mass is 270 g/mol. The third kappa shape index (κ3) is 2.73. The van der Waals surface area contributed by atoms with Gasteiger partial charge in [-0.05, 0) is 25.3 Å². The molecule has 98 valence electrons. The molecule has 0 aliphatic heterocycles. The maximum Gasteiger partial charge on any atom is 0.293 e. The lowest BCUT2D eigenvalue weighted by Gasteiger charge is -2.15. The molecule has 2 rings (SSSR count). The van der Waals surface area contributed by atoms with Gasteiger partial charge in [-0.3, -0.25) is 10.1 Å². The highest BCUT2D eigenvalue weighted by Gasteiger charge is 2.27. The van der Waals surface area contributed by atoms with Gasteiger partial charge in [0.1, 0.15) is 5.69 Å². The maximum absolute atomic E-state index is 11.0. The first-order chi connectivity index (χ1) is 8.61. The van der Waals surface area contributed by atoms with Gasteiger partial charge in [0.15, 0.2) is 0 Å². The fourth-order valence-electron chi connectivity index (χ4n) is 2.30. The Hall–Kier alpha value is -1.33. The summed E-state index contributed by atoms with van der Waals surface area (Å²) in [5.74, 6) is 0. The van der Waals surface area contributed by atoms with Crippen molar-refractivity contribution in [3.63, 3.8) is 0 Å². The zero-order valence-corrected chi connectivity index (χ0v) is 10.8. The Kier molecular flexibility index (Phi) is 4.04. The predicted molar refractivity (Wildman–Crippen MR) is 70.2 cm³/mol. The number of anilines is 1. The molecule has 5 nitrogen and oxygen atoms in total. The van der Waals surface area contributed by atoms with Crippen LogP contribution in [0.5, 0.6) is 0 Å². The van der Waals surface area contributed by atoms with Crippen molar-refractivity contribution in [1.29, 1.82) is 0 Å². The van der Waals surface area contributed by atoms with Gasteiger partial charge in [-0.15, -0.1) is 0 Å². The van der Waals surface area contributed by atoms with Crippen LogP contribution in [0.4, 0.5) is 11.4 Å². The van der Waals surface area contributed by atoms with Crippen LogP contribution < -0.4 is 5.32 Å². The third-order valence-corrected chi connectivity index (χ3v) is 3.57. The van der Waals surface area contributed by atoms with Crippen molar-refractivity contribution in [1.82, 2.24) is 0 Å². The number of hydrogen-bond donors (Lipinski definition) is 1. The number of methoxy groups -OCH3 is 1. The smallest absolute Gasteiger partial charge is 0.293 e. The second kappa shape index (κ2) is 5.54. The van der Waals surface area contributed by atoms with Gasteiger partial charge in [-0.2, -0.15) is 0 Å². The van der Waals surface area contributed by atoms with E-state index in [-0.39, 0.29) is 17.8 Å². The van der Waals surface area contributed by atoms with Gasteiger partial charge in [-0.25, -0.2) is 0 Å². The normalized spacial score (nSPS) is 23.0. The molecule has 0 spiro atoms. The quantitative estimate of drug-likeness (QED) is 0.674. The van der Waals surface area contributed by atoms with Crippen molar-refractivity contribution in [2.24, 2.45) is 0 Å². The van der Waals surface area contributed by atoms with Crippen LogP contribution in [0.25, 0.3) is 0 Å². The summed E-state index contributed by atoms with van der Waals surface area (Å²) in [4.78, 5) is 10.5. The molecule has 6 heteroatoms. The Bertz CT molecular complexity index is 453. The number of para-hydroxylation sites is 1. The van der Waals surface area contributed by atoms with Gasteiger partial charge in [0.05, 0.1) is 16.0 Å². The first-order valence-corrected chi connectivity index (χ1v) is 6.22. The fraction of sp³-hybridized carbons (Fsp3) is 0.500. The molecule has 0 amide bonds. The second-order valence-corrected chi connectivity index (χ2v) is 4.81. The molecular formula is C12H15ClN2O3. The first-order valence-electron chi connectivity index (χ1n) is 5.84. The Balaban J connectivity index is 2.16. The molecule has 1 fully saturated rings. The second-order valence-electron chi connectivity index (χ2n) is 4.40. The summed E-state index contributed by atoms with van der Waals surface area (Å²) in [6, 6.07) is 4.86. The van der Waals surface area contributed by atoms with E-state index in [9.17, 15) is 10.1 Å². The lowest BCUT2D eigenvalue weighted by atomic mass is 10.2. The van der Waals surface area contributed by atoms with Gasteiger partial charge < -0.3 is 10.1 Å². The zero-order valence-electron chi connectivity index (χ0n) is 10.1. The number of halogens is 1. The summed E-state index contributed by atoms with van der Waals surface area (Å²) in [5, 5.41) is 14.5. The van der Waals surface area contributed by atoms with Crippen molar-refractivity contribution in [3.05, 3.63) is 33.3 Å². The minimum absolute atomic E-state index is 0.0170. The molecule has 2 unspecified atom stereocenters. The highest BCUT2D eigenvalue weighted by molar-refractivity contribution is 6.33. The lowest BCUT2D eigenvalue weighted by Crippen LogP contribution is -2.18. The molecule has 0 aromatic heterocycles. The van der Waals surface area contributed by atoms with Crippen LogP contribution in [0.15, 0.2) is 18.2 Å². The van der Waals surface area contributed by atoms with Gasteiger partial charge in [0.25, 0.3) is 5.69 Å². The average Bonchev–Trinajstić information content (AvgIpc) is 2.79. The van der Waals surface area contributed by atoms with Crippen molar-refractivity contribution >= 4 is 23.0 Å². The summed E-state index contributed by atoms with van der Waals surface area (Å²) < 4.78 is 5.28. The molecule has 0 saturated heterocycles. The lowest BCUT2D eigenvalue weighted by molar-refractivity contribution is -0.384. The highest BCUT2D eigenvalue weighted by atomic mass is 35.5. The molecule has 0 heterocycles. The van der Waals surface area contributed by atoms with Gasteiger partial charge in [0.2, 0.25) is 0 Å². The van der Waals surface area contributed by atoms with Crippen LogP contribution in [0.3, 0.4) is 0 Å². The molecule has 2 atom stereocenters. The van der Waals surface area contributed by atoms with E-state index in [2.05, 4.69) is 5.32 Å². The fourth-order valence-corrected chi connectivity index (χ4v) is 2.52. The van der Waals surface area contributed by atoms with E-state index in [4.69, 9.17) is 16.3 Å².